The predicted molar refractivity (Wildman–Crippen MR) is 80.4 cm³/mol. The zero-order valence-corrected chi connectivity index (χ0v) is 14.5. The molecule has 2 saturated heterocycles. The number of carbonyl (C=O) groups is 2. The summed E-state index contributed by atoms with van der Waals surface area (Å²) in [6, 6.07) is 0. The fourth-order valence-corrected chi connectivity index (χ4v) is 2.75. The van der Waals surface area contributed by atoms with Crippen LogP contribution in [0.3, 0.4) is 0 Å². The Balaban J connectivity index is 2.01. The van der Waals surface area contributed by atoms with Crippen molar-refractivity contribution in [2.24, 2.45) is 0 Å². The van der Waals surface area contributed by atoms with Gasteiger partial charge in [0.2, 0.25) is 0 Å². The first kappa shape index (κ1) is 17.8. The van der Waals surface area contributed by atoms with Gasteiger partial charge in [0, 0.05) is 13.1 Å². The van der Waals surface area contributed by atoms with E-state index in [2.05, 4.69) is 0 Å². The molecule has 0 bridgehead atoms. The zero-order valence-electron chi connectivity index (χ0n) is 14.5. The van der Waals surface area contributed by atoms with Gasteiger partial charge in [0.05, 0.1) is 0 Å². The third-order valence-corrected chi connectivity index (χ3v) is 5.22. The van der Waals surface area contributed by atoms with Gasteiger partial charge in [-0.15, -0.1) is 0 Å². The van der Waals surface area contributed by atoms with Crippen LogP contribution in [-0.4, -0.2) is 67.9 Å². The molecular formula is C15H26N2O6. The second-order valence-electron chi connectivity index (χ2n) is 7.46. The second kappa shape index (κ2) is 4.98. The lowest BCUT2D eigenvalue weighted by molar-refractivity contribution is -0.133. The maximum Gasteiger partial charge on any atom is 0.412 e. The summed E-state index contributed by atoms with van der Waals surface area (Å²) in [5.74, 6) is 0. The van der Waals surface area contributed by atoms with Crippen molar-refractivity contribution in [3.63, 3.8) is 0 Å². The van der Waals surface area contributed by atoms with E-state index in [1.165, 1.54) is 23.6 Å². The number of nitrogens with zero attached hydrogens (tertiary/aromatic N) is 2. The predicted octanol–water partition coefficient (Wildman–Crippen LogP) is 1.26. The Morgan fingerprint density at radius 2 is 1.09 bits per heavy atom. The van der Waals surface area contributed by atoms with Crippen molar-refractivity contribution in [2.75, 3.05) is 13.1 Å². The Morgan fingerprint density at radius 3 is 1.30 bits per heavy atom. The molecule has 0 unspecified atom stereocenters. The molecule has 0 saturated carbocycles. The standard InChI is InChI=1S/C15H26N2O6/c1-12(2)14(5,20)16(10(18)22-12)8-7-9-17-11(19)23-13(3,4)15(17,6)21/h20-21H,7-9H2,1-6H3/t14-,15+. The molecule has 0 radical (unpaired) electrons. The van der Waals surface area contributed by atoms with E-state index in [4.69, 9.17) is 9.47 Å². The van der Waals surface area contributed by atoms with Crippen molar-refractivity contribution in [1.29, 1.82) is 0 Å². The molecule has 2 atom stereocenters. The lowest BCUT2D eigenvalue weighted by atomic mass is 9.95. The van der Waals surface area contributed by atoms with Crippen molar-refractivity contribution in [2.45, 2.75) is 70.6 Å². The van der Waals surface area contributed by atoms with Crippen molar-refractivity contribution >= 4 is 12.2 Å². The first-order valence-corrected chi connectivity index (χ1v) is 7.70. The van der Waals surface area contributed by atoms with E-state index < -0.39 is 34.8 Å². The average molecular weight is 330 g/mol. The van der Waals surface area contributed by atoms with Gasteiger partial charge in [-0.3, -0.25) is 9.80 Å². The number of cyclic esters (lactones) is 2. The summed E-state index contributed by atoms with van der Waals surface area (Å²) >= 11 is 0. The summed E-state index contributed by atoms with van der Waals surface area (Å²) in [7, 11) is 0. The van der Waals surface area contributed by atoms with Crippen LogP contribution in [0.5, 0.6) is 0 Å². The molecule has 132 valence electrons. The van der Waals surface area contributed by atoms with Gasteiger partial charge < -0.3 is 19.7 Å². The summed E-state index contributed by atoms with van der Waals surface area (Å²) in [5, 5.41) is 21.0. The molecule has 2 amide bonds. The molecule has 2 heterocycles. The van der Waals surface area contributed by atoms with Gasteiger partial charge in [-0.25, -0.2) is 9.59 Å². The fourth-order valence-electron chi connectivity index (χ4n) is 2.75. The van der Waals surface area contributed by atoms with Gasteiger partial charge in [0.1, 0.15) is 0 Å². The third kappa shape index (κ3) is 2.53. The van der Waals surface area contributed by atoms with Gasteiger partial charge in [0.25, 0.3) is 0 Å². The number of amides is 2. The maximum atomic E-state index is 11.9. The molecule has 2 fully saturated rings. The fraction of sp³-hybridized carbons (Fsp3) is 0.867. The molecule has 2 aliphatic rings. The second-order valence-corrected chi connectivity index (χ2v) is 7.46. The van der Waals surface area contributed by atoms with Crippen molar-refractivity contribution in [1.82, 2.24) is 9.80 Å². The number of hydrogen-bond acceptors (Lipinski definition) is 6. The highest BCUT2D eigenvalue weighted by molar-refractivity contribution is 5.72. The molecule has 2 rings (SSSR count). The van der Waals surface area contributed by atoms with Gasteiger partial charge in [-0.1, -0.05) is 0 Å². The Hall–Kier alpha value is -1.54. The molecule has 0 aliphatic carbocycles. The van der Waals surface area contributed by atoms with E-state index in [0.717, 1.165) is 0 Å². The topological polar surface area (TPSA) is 99.5 Å². The Morgan fingerprint density at radius 1 is 0.783 bits per heavy atom. The molecule has 0 aromatic heterocycles. The Labute approximate surface area is 135 Å². The highest BCUT2D eigenvalue weighted by Gasteiger charge is 2.58. The molecule has 0 aromatic carbocycles. The summed E-state index contributed by atoms with van der Waals surface area (Å²) in [4.78, 5) is 26.3. The number of aliphatic hydroxyl groups is 2. The number of carbonyl (C=O) groups excluding carboxylic acids is 2. The Bertz CT molecular complexity index is 480. The molecule has 0 spiro atoms. The SMILES string of the molecule is CC1(C)OC(=O)N(CCCN2C(=O)OC(C)(C)[C@]2(C)O)[C@]1(C)O. The van der Waals surface area contributed by atoms with Crippen LogP contribution in [0, 0.1) is 0 Å². The highest BCUT2D eigenvalue weighted by atomic mass is 16.6. The van der Waals surface area contributed by atoms with Crippen LogP contribution in [0.2, 0.25) is 0 Å². The van der Waals surface area contributed by atoms with Crippen LogP contribution >= 0.6 is 0 Å². The van der Waals surface area contributed by atoms with Crippen molar-refractivity contribution in [3.8, 4) is 0 Å². The smallest absolute Gasteiger partial charge is 0.412 e. The first-order chi connectivity index (χ1) is 10.2. The van der Waals surface area contributed by atoms with Crippen LogP contribution in [0.15, 0.2) is 0 Å². The molecule has 8 heteroatoms. The summed E-state index contributed by atoms with van der Waals surface area (Å²) in [6.07, 6.45) is -0.838. The van der Waals surface area contributed by atoms with Crippen LogP contribution in [-0.2, 0) is 9.47 Å². The average Bonchev–Trinajstić information content (AvgIpc) is 2.59. The Kier molecular flexibility index (Phi) is 3.85. The number of rotatable bonds is 4. The largest absolute Gasteiger partial charge is 0.438 e. The van der Waals surface area contributed by atoms with E-state index in [1.807, 2.05) is 0 Å². The van der Waals surface area contributed by atoms with Crippen LogP contribution in [0.1, 0.15) is 48.0 Å². The molecule has 8 nitrogen and oxygen atoms in total. The van der Waals surface area contributed by atoms with Gasteiger partial charge in [-0.2, -0.15) is 0 Å². The molecule has 2 N–H and O–H groups in total. The minimum atomic E-state index is -1.45. The minimum Gasteiger partial charge on any atom is -0.438 e. The van der Waals surface area contributed by atoms with E-state index in [-0.39, 0.29) is 13.1 Å². The first-order valence-electron chi connectivity index (χ1n) is 7.70. The highest BCUT2D eigenvalue weighted by Crippen LogP contribution is 2.38. The van der Waals surface area contributed by atoms with Crippen LogP contribution < -0.4 is 0 Å². The number of ether oxygens (including phenoxy) is 2. The quantitative estimate of drug-likeness (QED) is 0.805. The van der Waals surface area contributed by atoms with E-state index in [0.29, 0.717) is 6.42 Å². The minimum absolute atomic E-state index is 0.190. The van der Waals surface area contributed by atoms with Gasteiger partial charge in [0.15, 0.2) is 22.7 Å². The summed E-state index contributed by atoms with van der Waals surface area (Å²) in [5.41, 5.74) is -4.94. The van der Waals surface area contributed by atoms with Crippen LogP contribution in [0.25, 0.3) is 0 Å². The molecule has 2 aliphatic heterocycles. The molecule has 0 aromatic rings. The monoisotopic (exact) mass is 330 g/mol. The molecule has 23 heavy (non-hydrogen) atoms. The van der Waals surface area contributed by atoms with E-state index >= 15 is 0 Å². The third-order valence-electron chi connectivity index (χ3n) is 5.22. The maximum absolute atomic E-state index is 11.9. The zero-order chi connectivity index (χ0) is 17.8. The number of hydrogen-bond donors (Lipinski definition) is 2. The lowest BCUT2D eigenvalue weighted by Crippen LogP contribution is -2.55. The van der Waals surface area contributed by atoms with Crippen molar-refractivity contribution in [3.05, 3.63) is 0 Å². The van der Waals surface area contributed by atoms with Crippen molar-refractivity contribution < 1.29 is 29.3 Å². The molecular weight excluding hydrogens is 304 g/mol. The lowest BCUT2D eigenvalue weighted by Gasteiger charge is -2.36. The van der Waals surface area contributed by atoms with E-state index in [1.54, 1.807) is 27.7 Å². The van der Waals surface area contributed by atoms with Crippen LogP contribution in [0.4, 0.5) is 9.59 Å². The van der Waals surface area contributed by atoms with Gasteiger partial charge >= 0.3 is 12.2 Å². The summed E-state index contributed by atoms with van der Waals surface area (Å²) < 4.78 is 10.4. The van der Waals surface area contributed by atoms with E-state index in [9.17, 15) is 19.8 Å². The normalized spacial score (nSPS) is 35.5. The van der Waals surface area contributed by atoms with Gasteiger partial charge in [-0.05, 0) is 48.0 Å². The summed E-state index contributed by atoms with van der Waals surface area (Å²) in [6.45, 7) is 9.95.